The highest BCUT2D eigenvalue weighted by atomic mass is 32.2. The van der Waals surface area contributed by atoms with Gasteiger partial charge in [0.25, 0.3) is 5.56 Å². The topological polar surface area (TPSA) is 64.0 Å². The predicted octanol–water partition coefficient (Wildman–Crippen LogP) is 2.91. The number of carbonyl (C=O) groups is 1. The van der Waals surface area contributed by atoms with Crippen LogP contribution in [0.3, 0.4) is 0 Å². The molecule has 2 heterocycles. The Kier molecular flexibility index (Phi) is 5.34. The average Bonchev–Trinajstić information content (AvgIpc) is 3.28. The third kappa shape index (κ3) is 3.95. The molecule has 2 aromatic rings. The monoisotopic (exact) mass is 383 g/mol. The van der Waals surface area contributed by atoms with E-state index in [1.54, 1.807) is 16.3 Å². The van der Waals surface area contributed by atoms with Crippen molar-refractivity contribution in [3.63, 3.8) is 0 Å². The fourth-order valence-corrected chi connectivity index (χ4v) is 5.10. The number of rotatable bonds is 6. The molecule has 0 spiro atoms. The second-order valence-electron chi connectivity index (χ2n) is 7.51. The summed E-state index contributed by atoms with van der Waals surface area (Å²) in [6.45, 7) is 2.04. The van der Waals surface area contributed by atoms with Crippen LogP contribution in [0, 0.1) is 0 Å². The maximum absolute atomic E-state index is 12.8. The zero-order chi connectivity index (χ0) is 18.8. The summed E-state index contributed by atoms with van der Waals surface area (Å²) in [4.78, 5) is 30.0. The largest absolute Gasteiger partial charge is 0.354 e. The summed E-state index contributed by atoms with van der Waals surface area (Å²) in [5.74, 6) is 0.762. The van der Waals surface area contributed by atoms with E-state index in [4.69, 9.17) is 0 Å². The minimum atomic E-state index is -0.0859. The molecule has 1 N–H and O–H groups in total. The maximum atomic E-state index is 12.8. The third-order valence-corrected chi connectivity index (χ3v) is 6.51. The lowest BCUT2D eigenvalue weighted by molar-refractivity contribution is -0.122. The van der Waals surface area contributed by atoms with E-state index < -0.39 is 0 Å². The average molecular weight is 384 g/mol. The van der Waals surface area contributed by atoms with Crippen LogP contribution in [0.5, 0.6) is 0 Å². The molecule has 0 fully saturated rings. The molecule has 2 unspecified atom stereocenters. The highest BCUT2D eigenvalue weighted by Crippen LogP contribution is 2.33. The second kappa shape index (κ2) is 7.89. The van der Waals surface area contributed by atoms with Crippen molar-refractivity contribution in [2.75, 3.05) is 5.75 Å². The highest BCUT2D eigenvalue weighted by Gasteiger charge is 2.31. The van der Waals surface area contributed by atoms with Crippen LogP contribution in [0.25, 0.3) is 0 Å². The first kappa shape index (κ1) is 18.3. The van der Waals surface area contributed by atoms with Gasteiger partial charge in [-0.1, -0.05) is 42.1 Å². The molecule has 27 heavy (non-hydrogen) atoms. The van der Waals surface area contributed by atoms with Crippen LogP contribution >= 0.6 is 11.8 Å². The van der Waals surface area contributed by atoms with Gasteiger partial charge in [0.1, 0.15) is 0 Å². The summed E-state index contributed by atoms with van der Waals surface area (Å²) >= 11 is 1.60. The molecule has 1 aromatic carbocycles. The zero-order valence-electron chi connectivity index (χ0n) is 15.6. The van der Waals surface area contributed by atoms with Gasteiger partial charge in [-0.25, -0.2) is 4.98 Å². The van der Waals surface area contributed by atoms with Gasteiger partial charge in [-0.05, 0) is 44.6 Å². The second-order valence-corrected chi connectivity index (χ2v) is 8.50. The summed E-state index contributed by atoms with van der Waals surface area (Å²) in [5.41, 5.74) is 3.19. The lowest BCUT2D eigenvalue weighted by atomic mass is 10.1. The number of amides is 1. The van der Waals surface area contributed by atoms with E-state index in [9.17, 15) is 9.59 Å². The van der Waals surface area contributed by atoms with E-state index in [2.05, 4.69) is 22.4 Å². The molecule has 0 bridgehead atoms. The molecule has 0 saturated carbocycles. The van der Waals surface area contributed by atoms with E-state index >= 15 is 0 Å². The van der Waals surface area contributed by atoms with Gasteiger partial charge in [0, 0.05) is 23.8 Å². The number of hydrogen-bond acceptors (Lipinski definition) is 4. The Bertz CT molecular complexity index is 894. The number of nitrogens with zero attached hydrogens (tertiary/aromatic N) is 2. The summed E-state index contributed by atoms with van der Waals surface area (Å²) in [5, 5.41) is 3.88. The van der Waals surface area contributed by atoms with Crippen molar-refractivity contribution in [3.8, 4) is 0 Å². The van der Waals surface area contributed by atoms with Gasteiger partial charge in [-0.15, -0.1) is 0 Å². The Hall–Kier alpha value is -2.08. The van der Waals surface area contributed by atoms with Crippen molar-refractivity contribution in [1.82, 2.24) is 14.9 Å². The standard InChI is InChI=1S/C21H25N3O2S/c1-14(10-11-15-6-3-2-4-7-15)22-19(25)12-16-13-27-21-23-18-9-5-8-17(18)20(26)24(16)21/h2-4,6-7,14,16H,5,8-13H2,1H3,(H,22,25). The Morgan fingerprint density at radius 3 is 2.96 bits per heavy atom. The van der Waals surface area contributed by atoms with Gasteiger partial charge in [0.15, 0.2) is 5.16 Å². The fourth-order valence-electron chi connectivity index (χ4n) is 3.95. The van der Waals surface area contributed by atoms with Crippen LogP contribution in [-0.2, 0) is 24.1 Å². The molecule has 0 saturated heterocycles. The fraction of sp³-hybridized carbons (Fsp3) is 0.476. The number of aryl methyl sites for hydroxylation is 2. The predicted molar refractivity (Wildman–Crippen MR) is 107 cm³/mol. The van der Waals surface area contributed by atoms with E-state index in [1.165, 1.54) is 5.56 Å². The summed E-state index contributed by atoms with van der Waals surface area (Å²) < 4.78 is 1.77. The molecule has 4 rings (SSSR count). The molecule has 1 amide bonds. The summed E-state index contributed by atoms with van der Waals surface area (Å²) in [7, 11) is 0. The molecular weight excluding hydrogens is 358 g/mol. The zero-order valence-corrected chi connectivity index (χ0v) is 16.4. The Labute approximate surface area is 163 Å². The van der Waals surface area contributed by atoms with Gasteiger partial charge in [-0.3, -0.25) is 14.2 Å². The van der Waals surface area contributed by atoms with E-state index in [0.717, 1.165) is 54.3 Å². The minimum absolute atomic E-state index is 0.0152. The number of aromatic nitrogens is 2. The first-order valence-electron chi connectivity index (χ1n) is 9.72. The Balaban J connectivity index is 1.35. The van der Waals surface area contributed by atoms with Crippen molar-refractivity contribution < 1.29 is 4.79 Å². The van der Waals surface area contributed by atoms with E-state index in [0.29, 0.717) is 6.42 Å². The smallest absolute Gasteiger partial charge is 0.257 e. The number of benzene rings is 1. The number of fused-ring (bicyclic) bond motifs is 2. The molecule has 6 heteroatoms. The molecule has 0 radical (unpaired) electrons. The van der Waals surface area contributed by atoms with Crippen molar-refractivity contribution in [2.24, 2.45) is 0 Å². The quantitative estimate of drug-likeness (QED) is 0.779. The maximum Gasteiger partial charge on any atom is 0.257 e. The third-order valence-electron chi connectivity index (χ3n) is 5.41. The van der Waals surface area contributed by atoms with Crippen LogP contribution in [0.2, 0.25) is 0 Å². The summed E-state index contributed by atoms with van der Waals surface area (Å²) in [6.07, 6.45) is 4.93. The van der Waals surface area contributed by atoms with Crippen LogP contribution in [0.15, 0.2) is 40.3 Å². The highest BCUT2D eigenvalue weighted by molar-refractivity contribution is 7.99. The van der Waals surface area contributed by atoms with Gasteiger partial charge < -0.3 is 5.32 Å². The van der Waals surface area contributed by atoms with Crippen molar-refractivity contribution >= 4 is 17.7 Å². The molecule has 1 aromatic heterocycles. The lowest BCUT2D eigenvalue weighted by Gasteiger charge is -2.17. The summed E-state index contributed by atoms with van der Waals surface area (Å²) in [6, 6.07) is 10.3. The van der Waals surface area contributed by atoms with Crippen LogP contribution in [0.4, 0.5) is 0 Å². The normalized spacial score (nSPS) is 18.8. The molecule has 5 nitrogen and oxygen atoms in total. The minimum Gasteiger partial charge on any atom is -0.354 e. The van der Waals surface area contributed by atoms with Gasteiger partial charge in [0.05, 0.1) is 11.7 Å². The van der Waals surface area contributed by atoms with Crippen LogP contribution in [0.1, 0.15) is 49.0 Å². The van der Waals surface area contributed by atoms with Crippen molar-refractivity contribution in [1.29, 1.82) is 0 Å². The number of hydrogen-bond donors (Lipinski definition) is 1. The van der Waals surface area contributed by atoms with Gasteiger partial charge in [-0.2, -0.15) is 0 Å². The number of nitrogens with one attached hydrogen (secondary N) is 1. The SMILES string of the molecule is CC(CCc1ccccc1)NC(=O)CC1CSc2nc3c(c(=O)n21)CCC3. The van der Waals surface area contributed by atoms with Gasteiger partial charge in [0.2, 0.25) is 5.91 Å². The Morgan fingerprint density at radius 1 is 1.33 bits per heavy atom. The van der Waals surface area contributed by atoms with Crippen LogP contribution < -0.4 is 10.9 Å². The number of thioether (sulfide) groups is 1. The molecule has 142 valence electrons. The van der Waals surface area contributed by atoms with E-state index in [1.807, 2.05) is 25.1 Å². The number of carbonyl (C=O) groups excluding carboxylic acids is 1. The molecule has 1 aliphatic heterocycles. The molecule has 2 atom stereocenters. The Morgan fingerprint density at radius 2 is 2.15 bits per heavy atom. The first-order valence-corrected chi connectivity index (χ1v) is 10.7. The molecule has 1 aliphatic carbocycles. The van der Waals surface area contributed by atoms with E-state index in [-0.39, 0.29) is 23.6 Å². The first-order chi connectivity index (χ1) is 13.1. The van der Waals surface area contributed by atoms with Crippen molar-refractivity contribution in [2.45, 2.75) is 62.7 Å². The van der Waals surface area contributed by atoms with Gasteiger partial charge >= 0.3 is 0 Å². The lowest BCUT2D eigenvalue weighted by Crippen LogP contribution is -2.36. The molecular formula is C21H25N3O2S. The van der Waals surface area contributed by atoms with Crippen molar-refractivity contribution in [3.05, 3.63) is 57.5 Å². The van der Waals surface area contributed by atoms with Crippen LogP contribution in [-0.4, -0.2) is 27.3 Å². The molecule has 2 aliphatic rings.